The molecule has 132 valence electrons. The molecule has 3 aromatic heterocycles. The van der Waals surface area contributed by atoms with Gasteiger partial charge in [-0.25, -0.2) is 14.4 Å². The Morgan fingerprint density at radius 3 is 2.56 bits per heavy atom. The summed E-state index contributed by atoms with van der Waals surface area (Å²) < 4.78 is 15.4. The first-order chi connectivity index (χ1) is 13.0. The highest BCUT2D eigenvalue weighted by Crippen LogP contribution is 2.27. The Morgan fingerprint density at radius 2 is 1.81 bits per heavy atom. The van der Waals surface area contributed by atoms with E-state index in [1.807, 2.05) is 38.1 Å². The predicted molar refractivity (Wildman–Crippen MR) is 102 cm³/mol. The van der Waals surface area contributed by atoms with E-state index in [9.17, 15) is 9.65 Å². The summed E-state index contributed by atoms with van der Waals surface area (Å²) in [6.07, 6.45) is 1.37. The second-order valence-electron chi connectivity index (χ2n) is 6.35. The lowest BCUT2D eigenvalue weighted by molar-refractivity contribution is 0.619. The van der Waals surface area contributed by atoms with Gasteiger partial charge >= 0.3 is 0 Å². The summed E-state index contributed by atoms with van der Waals surface area (Å²) in [4.78, 5) is 9.10. The van der Waals surface area contributed by atoms with Gasteiger partial charge in [0.2, 0.25) is 0 Å². The molecule has 27 heavy (non-hydrogen) atoms. The maximum Gasteiger partial charge on any atom is 0.139 e. The zero-order valence-corrected chi connectivity index (χ0v) is 14.9. The van der Waals surface area contributed by atoms with E-state index in [-0.39, 0.29) is 5.82 Å². The Balaban J connectivity index is 1.84. The third-order valence-electron chi connectivity index (χ3n) is 4.28. The highest BCUT2D eigenvalue weighted by molar-refractivity contribution is 5.69. The van der Waals surface area contributed by atoms with Gasteiger partial charge in [0, 0.05) is 11.9 Å². The number of hydrogen-bond donors (Lipinski definition) is 1. The molecule has 4 aromatic rings. The average molecular weight is 357 g/mol. The van der Waals surface area contributed by atoms with Gasteiger partial charge in [0.15, 0.2) is 0 Å². The Morgan fingerprint density at radius 1 is 1.04 bits per heavy atom. The largest absolute Gasteiger partial charge is 0.340 e. The Bertz CT molecular complexity index is 1190. The first-order valence-corrected chi connectivity index (χ1v) is 8.44. The molecule has 0 aliphatic rings. The summed E-state index contributed by atoms with van der Waals surface area (Å²) in [5, 5.41) is 12.6. The first kappa shape index (κ1) is 16.7. The predicted octanol–water partition coefficient (Wildman–Crippen LogP) is 4.77. The molecule has 0 unspecified atom stereocenters. The van der Waals surface area contributed by atoms with E-state index < -0.39 is 0 Å². The van der Waals surface area contributed by atoms with E-state index >= 15 is 0 Å². The maximum atomic E-state index is 13.8. The van der Waals surface area contributed by atoms with E-state index in [0.717, 1.165) is 11.3 Å². The van der Waals surface area contributed by atoms with Crippen molar-refractivity contribution in [3.8, 4) is 17.5 Å². The van der Waals surface area contributed by atoms with Crippen LogP contribution in [0.1, 0.15) is 16.8 Å². The van der Waals surface area contributed by atoms with E-state index in [4.69, 9.17) is 0 Å². The van der Waals surface area contributed by atoms with Crippen molar-refractivity contribution >= 4 is 17.2 Å². The van der Waals surface area contributed by atoms with Crippen LogP contribution in [-0.2, 0) is 0 Å². The smallest absolute Gasteiger partial charge is 0.139 e. The molecule has 1 N–H and O–H groups in total. The Kier molecular flexibility index (Phi) is 4.05. The molecule has 3 heterocycles. The summed E-state index contributed by atoms with van der Waals surface area (Å²) in [6, 6.07) is 16.4. The summed E-state index contributed by atoms with van der Waals surface area (Å²) in [6.45, 7) is 3.86. The zero-order valence-electron chi connectivity index (χ0n) is 14.9. The van der Waals surface area contributed by atoms with Crippen LogP contribution >= 0.6 is 0 Å². The van der Waals surface area contributed by atoms with Gasteiger partial charge in [-0.05, 0) is 50.2 Å². The molecule has 5 nitrogen and oxygen atoms in total. The Labute approximate surface area is 155 Å². The van der Waals surface area contributed by atoms with Crippen LogP contribution in [-0.4, -0.2) is 14.4 Å². The maximum absolute atomic E-state index is 13.8. The van der Waals surface area contributed by atoms with Gasteiger partial charge in [-0.1, -0.05) is 17.7 Å². The van der Waals surface area contributed by atoms with Gasteiger partial charge in [-0.15, -0.1) is 0 Å². The minimum Gasteiger partial charge on any atom is -0.340 e. The molecule has 0 atom stereocenters. The van der Waals surface area contributed by atoms with E-state index in [2.05, 4.69) is 21.4 Å². The number of hydrogen-bond acceptors (Lipinski definition) is 4. The van der Waals surface area contributed by atoms with Crippen molar-refractivity contribution in [2.45, 2.75) is 13.8 Å². The summed E-state index contributed by atoms with van der Waals surface area (Å²) in [7, 11) is 0. The molecule has 4 rings (SSSR count). The van der Waals surface area contributed by atoms with Gasteiger partial charge < -0.3 is 5.32 Å². The van der Waals surface area contributed by atoms with Gasteiger partial charge in [-0.3, -0.25) is 4.40 Å². The lowest BCUT2D eigenvalue weighted by Gasteiger charge is -2.10. The molecule has 0 saturated carbocycles. The number of nitrogens with one attached hydrogen (secondary N) is 1. The SMILES string of the molecule is Cc1ccc(Nc2cc(C#N)cc(-c3c(C)nc4ccc(F)cn34)n2)cc1. The highest BCUT2D eigenvalue weighted by atomic mass is 19.1. The molecule has 0 aliphatic carbocycles. The number of nitriles is 1. The molecule has 0 amide bonds. The molecule has 1 aromatic carbocycles. The van der Waals surface area contributed by atoms with Gasteiger partial charge in [0.25, 0.3) is 0 Å². The van der Waals surface area contributed by atoms with Crippen LogP contribution in [0.25, 0.3) is 17.0 Å². The number of nitrogens with zero attached hydrogens (tertiary/aromatic N) is 4. The monoisotopic (exact) mass is 357 g/mol. The van der Waals surface area contributed by atoms with Crippen molar-refractivity contribution in [3.63, 3.8) is 0 Å². The number of aryl methyl sites for hydroxylation is 2. The van der Waals surface area contributed by atoms with Crippen LogP contribution < -0.4 is 5.32 Å². The van der Waals surface area contributed by atoms with E-state index in [1.165, 1.54) is 12.3 Å². The number of fused-ring (bicyclic) bond motifs is 1. The normalized spacial score (nSPS) is 10.7. The van der Waals surface area contributed by atoms with Crippen molar-refractivity contribution in [2.75, 3.05) is 5.32 Å². The highest BCUT2D eigenvalue weighted by Gasteiger charge is 2.15. The third-order valence-corrected chi connectivity index (χ3v) is 4.28. The number of imidazole rings is 1. The number of anilines is 2. The minimum atomic E-state index is -0.365. The zero-order chi connectivity index (χ0) is 19.0. The lowest BCUT2D eigenvalue weighted by atomic mass is 10.1. The topological polar surface area (TPSA) is 66.0 Å². The lowest BCUT2D eigenvalue weighted by Crippen LogP contribution is -1.99. The standard InChI is InChI=1S/C21H16FN5/c1-13-3-6-17(7-4-13)25-19-10-15(11-23)9-18(26-19)21-14(2)24-20-8-5-16(22)12-27(20)21/h3-10,12H,1-2H3,(H,25,26). The molecule has 0 aliphatic heterocycles. The molecule has 0 bridgehead atoms. The van der Waals surface area contributed by atoms with Gasteiger partial charge in [-0.2, -0.15) is 5.26 Å². The fourth-order valence-electron chi connectivity index (χ4n) is 3.01. The van der Waals surface area contributed by atoms with Crippen molar-refractivity contribution in [1.29, 1.82) is 5.26 Å². The molecule has 0 fully saturated rings. The van der Waals surface area contributed by atoms with Crippen LogP contribution in [0.4, 0.5) is 15.9 Å². The number of benzene rings is 1. The number of aromatic nitrogens is 3. The summed E-state index contributed by atoms with van der Waals surface area (Å²) in [5.41, 5.74) is 5.04. The summed E-state index contributed by atoms with van der Waals surface area (Å²) >= 11 is 0. The van der Waals surface area contributed by atoms with E-state index in [0.29, 0.717) is 34.1 Å². The van der Waals surface area contributed by atoms with Crippen LogP contribution in [0.5, 0.6) is 0 Å². The van der Waals surface area contributed by atoms with Crippen LogP contribution in [0, 0.1) is 31.0 Å². The second-order valence-corrected chi connectivity index (χ2v) is 6.35. The van der Waals surface area contributed by atoms with Gasteiger partial charge in [0.05, 0.1) is 28.7 Å². The van der Waals surface area contributed by atoms with E-state index in [1.54, 1.807) is 22.6 Å². The fraction of sp³-hybridized carbons (Fsp3) is 0.0952. The molecule has 6 heteroatoms. The van der Waals surface area contributed by atoms with Crippen molar-refractivity contribution in [3.05, 3.63) is 77.4 Å². The fourth-order valence-corrected chi connectivity index (χ4v) is 3.01. The van der Waals surface area contributed by atoms with Gasteiger partial charge in [0.1, 0.15) is 17.3 Å². The van der Waals surface area contributed by atoms with Crippen molar-refractivity contribution < 1.29 is 4.39 Å². The molecule has 0 radical (unpaired) electrons. The number of pyridine rings is 2. The number of halogens is 1. The molecular formula is C21H16FN5. The average Bonchev–Trinajstić information content (AvgIpc) is 2.98. The van der Waals surface area contributed by atoms with Crippen LogP contribution in [0.15, 0.2) is 54.7 Å². The molecule has 0 saturated heterocycles. The van der Waals surface area contributed by atoms with Crippen LogP contribution in [0.2, 0.25) is 0 Å². The summed E-state index contributed by atoms with van der Waals surface area (Å²) in [5.74, 6) is 0.175. The second kappa shape index (κ2) is 6.54. The minimum absolute atomic E-state index is 0.365. The third kappa shape index (κ3) is 3.23. The quantitative estimate of drug-likeness (QED) is 0.574. The number of rotatable bonds is 3. The first-order valence-electron chi connectivity index (χ1n) is 8.44. The molecular weight excluding hydrogens is 341 g/mol. The van der Waals surface area contributed by atoms with Crippen molar-refractivity contribution in [1.82, 2.24) is 14.4 Å². The van der Waals surface area contributed by atoms with Crippen LogP contribution in [0.3, 0.4) is 0 Å². The molecule has 0 spiro atoms. The van der Waals surface area contributed by atoms with Crippen molar-refractivity contribution in [2.24, 2.45) is 0 Å². The Hall–Kier alpha value is -3.72.